The Kier molecular flexibility index (Phi) is 4.81. The Morgan fingerprint density at radius 3 is 2.68 bits per heavy atom. The number of amides is 2. The van der Waals surface area contributed by atoms with Crippen LogP contribution in [0.4, 0.5) is 5.69 Å². The quantitative estimate of drug-likeness (QED) is 0.635. The Morgan fingerprint density at radius 1 is 1.36 bits per heavy atom. The van der Waals surface area contributed by atoms with Crippen LogP contribution in [0, 0.1) is 0 Å². The number of ether oxygens (including phenoxy) is 1. The van der Waals surface area contributed by atoms with Gasteiger partial charge in [0, 0.05) is 6.42 Å². The average molecular weight is 323 g/mol. The minimum atomic E-state index is -1.06. The predicted octanol–water partition coefficient (Wildman–Crippen LogP) is 0.923. The van der Waals surface area contributed by atoms with Crippen LogP contribution in [-0.4, -0.2) is 47.0 Å². The number of esters is 1. The van der Waals surface area contributed by atoms with Crippen LogP contribution < -0.4 is 4.90 Å². The number of para-hydroxylation sites is 1. The third kappa shape index (κ3) is 3.11. The first-order valence-corrected chi connectivity index (χ1v) is 7.38. The van der Waals surface area contributed by atoms with Crippen molar-refractivity contribution < 1.29 is 29.0 Å². The van der Waals surface area contributed by atoms with Crippen LogP contribution in [0.3, 0.4) is 0 Å². The lowest BCUT2D eigenvalue weighted by Crippen LogP contribution is -2.32. The van der Waals surface area contributed by atoms with Crippen molar-refractivity contribution in [2.45, 2.75) is 11.7 Å². The number of methoxy groups -OCH3 is 1. The van der Waals surface area contributed by atoms with Crippen LogP contribution in [0.1, 0.15) is 16.8 Å². The number of carboxylic acid groups (broad SMARTS) is 1. The minimum Gasteiger partial charge on any atom is -0.481 e. The number of carbonyl (C=O) groups is 4. The number of rotatable bonds is 5. The molecule has 0 spiro atoms. The molecule has 1 aromatic rings. The number of nitrogens with zero attached hydrogens (tertiary/aromatic N) is 1. The highest BCUT2D eigenvalue weighted by Crippen LogP contribution is 2.31. The van der Waals surface area contributed by atoms with E-state index >= 15 is 0 Å². The number of carbonyl (C=O) groups excluding carboxylic acids is 3. The zero-order chi connectivity index (χ0) is 16.3. The van der Waals surface area contributed by atoms with Gasteiger partial charge in [0.25, 0.3) is 0 Å². The maximum atomic E-state index is 12.3. The number of hydrogen-bond donors (Lipinski definition) is 1. The molecular weight excluding hydrogens is 310 g/mol. The van der Waals surface area contributed by atoms with Crippen molar-refractivity contribution in [3.8, 4) is 0 Å². The smallest absolute Gasteiger partial charge is 0.339 e. The number of hydrogen-bond acceptors (Lipinski definition) is 6. The molecule has 7 nitrogen and oxygen atoms in total. The molecule has 0 aliphatic carbocycles. The van der Waals surface area contributed by atoms with E-state index in [0.717, 1.165) is 16.7 Å². The molecule has 116 valence electrons. The van der Waals surface area contributed by atoms with Gasteiger partial charge >= 0.3 is 11.9 Å². The van der Waals surface area contributed by atoms with Gasteiger partial charge in [0.1, 0.15) is 0 Å². The van der Waals surface area contributed by atoms with Gasteiger partial charge < -0.3 is 9.84 Å². The largest absolute Gasteiger partial charge is 0.481 e. The summed E-state index contributed by atoms with van der Waals surface area (Å²) < 4.78 is 4.64. The Bertz CT molecular complexity index is 644. The lowest BCUT2D eigenvalue weighted by atomic mass is 10.1. The fourth-order valence-electron chi connectivity index (χ4n) is 2.11. The van der Waals surface area contributed by atoms with Crippen molar-refractivity contribution in [2.24, 2.45) is 0 Å². The van der Waals surface area contributed by atoms with Gasteiger partial charge in [-0.1, -0.05) is 12.1 Å². The average Bonchev–Trinajstić information content (AvgIpc) is 2.78. The number of carboxylic acids is 1. The first-order valence-electron chi connectivity index (χ1n) is 6.33. The summed E-state index contributed by atoms with van der Waals surface area (Å²) in [5.74, 6) is -2.97. The maximum Gasteiger partial charge on any atom is 0.339 e. The van der Waals surface area contributed by atoms with Crippen molar-refractivity contribution in [3.63, 3.8) is 0 Å². The van der Waals surface area contributed by atoms with E-state index in [0.29, 0.717) is 0 Å². The number of thioether (sulfide) groups is 1. The van der Waals surface area contributed by atoms with E-state index in [4.69, 9.17) is 5.11 Å². The van der Waals surface area contributed by atoms with Gasteiger partial charge in [0.15, 0.2) is 0 Å². The van der Waals surface area contributed by atoms with E-state index in [2.05, 4.69) is 4.74 Å². The van der Waals surface area contributed by atoms with Gasteiger partial charge in [0.05, 0.1) is 29.4 Å². The fraction of sp³-hybridized carbons (Fsp3) is 0.286. The summed E-state index contributed by atoms with van der Waals surface area (Å²) in [6.07, 6.45) is -0.0910. The summed E-state index contributed by atoms with van der Waals surface area (Å²) >= 11 is 0.895. The number of aliphatic carboxylic acids is 1. The second kappa shape index (κ2) is 6.61. The molecule has 1 saturated heterocycles. The minimum absolute atomic E-state index is 0.0910. The highest BCUT2D eigenvalue weighted by molar-refractivity contribution is 8.01. The molecule has 1 aromatic carbocycles. The second-order valence-electron chi connectivity index (χ2n) is 4.47. The molecule has 1 atom stereocenters. The van der Waals surface area contributed by atoms with E-state index in [9.17, 15) is 19.2 Å². The molecule has 0 saturated carbocycles. The molecule has 0 bridgehead atoms. The van der Waals surface area contributed by atoms with Gasteiger partial charge in [0.2, 0.25) is 11.8 Å². The standard InChI is InChI=1S/C14H13NO6S/c1-21-14(20)8-4-2-3-5-9(8)15-11(16)6-10(13(15)19)22-7-12(17)18/h2-5,10H,6-7H2,1H3,(H,17,18). The molecule has 1 aliphatic heterocycles. The SMILES string of the molecule is COC(=O)c1ccccc1N1C(=O)CC(SCC(=O)O)C1=O. The normalized spacial score (nSPS) is 17.7. The number of anilines is 1. The van der Waals surface area contributed by atoms with Gasteiger partial charge in [-0.2, -0.15) is 0 Å². The summed E-state index contributed by atoms with van der Waals surface area (Å²) in [6, 6.07) is 6.13. The summed E-state index contributed by atoms with van der Waals surface area (Å²) in [6.45, 7) is 0. The van der Waals surface area contributed by atoms with E-state index in [1.165, 1.54) is 19.2 Å². The summed E-state index contributed by atoms with van der Waals surface area (Å²) in [5.41, 5.74) is 0.262. The lowest BCUT2D eigenvalue weighted by Gasteiger charge is -2.17. The number of imide groups is 1. The van der Waals surface area contributed by atoms with Crippen LogP contribution in [0.2, 0.25) is 0 Å². The first-order chi connectivity index (χ1) is 10.5. The molecule has 22 heavy (non-hydrogen) atoms. The molecule has 2 amide bonds. The zero-order valence-corrected chi connectivity index (χ0v) is 12.5. The van der Waals surface area contributed by atoms with Crippen LogP contribution in [0.15, 0.2) is 24.3 Å². The molecular formula is C14H13NO6S. The van der Waals surface area contributed by atoms with Crippen molar-refractivity contribution in [1.29, 1.82) is 0 Å². The highest BCUT2D eigenvalue weighted by Gasteiger charge is 2.41. The Hall–Kier alpha value is -2.35. The Balaban J connectivity index is 2.29. The Labute approximate surface area is 130 Å². The molecule has 2 rings (SSSR count). The van der Waals surface area contributed by atoms with Crippen molar-refractivity contribution >= 4 is 41.2 Å². The maximum absolute atomic E-state index is 12.3. The third-order valence-corrected chi connectivity index (χ3v) is 4.25. The molecule has 1 heterocycles. The van der Waals surface area contributed by atoms with Crippen LogP contribution >= 0.6 is 11.8 Å². The Morgan fingerprint density at radius 2 is 2.05 bits per heavy atom. The van der Waals surface area contributed by atoms with E-state index in [1.54, 1.807) is 12.1 Å². The van der Waals surface area contributed by atoms with E-state index in [1.807, 2.05) is 0 Å². The molecule has 8 heteroatoms. The van der Waals surface area contributed by atoms with Gasteiger partial charge in [-0.3, -0.25) is 14.4 Å². The van der Waals surface area contributed by atoms with Gasteiger partial charge in [-0.05, 0) is 12.1 Å². The van der Waals surface area contributed by atoms with Crippen LogP contribution in [-0.2, 0) is 19.1 Å². The van der Waals surface area contributed by atoms with Crippen molar-refractivity contribution in [3.05, 3.63) is 29.8 Å². The predicted molar refractivity (Wildman–Crippen MR) is 78.8 cm³/mol. The van der Waals surface area contributed by atoms with Crippen molar-refractivity contribution in [1.82, 2.24) is 0 Å². The van der Waals surface area contributed by atoms with Gasteiger partial charge in [-0.25, -0.2) is 9.69 Å². The summed E-state index contributed by atoms with van der Waals surface area (Å²) in [7, 11) is 1.21. The van der Waals surface area contributed by atoms with E-state index in [-0.39, 0.29) is 23.4 Å². The third-order valence-electron chi connectivity index (χ3n) is 3.06. The highest BCUT2D eigenvalue weighted by atomic mass is 32.2. The summed E-state index contributed by atoms with van der Waals surface area (Å²) in [5, 5.41) is 7.91. The molecule has 1 fully saturated rings. The fourth-order valence-corrected chi connectivity index (χ4v) is 2.96. The molecule has 1 N–H and O–H groups in total. The molecule has 0 radical (unpaired) electrons. The summed E-state index contributed by atoms with van der Waals surface area (Å²) in [4.78, 5) is 47.7. The van der Waals surface area contributed by atoms with Crippen molar-refractivity contribution in [2.75, 3.05) is 17.8 Å². The van der Waals surface area contributed by atoms with Gasteiger partial charge in [-0.15, -0.1) is 11.8 Å². The molecule has 0 aromatic heterocycles. The second-order valence-corrected chi connectivity index (χ2v) is 5.66. The zero-order valence-electron chi connectivity index (χ0n) is 11.6. The monoisotopic (exact) mass is 323 g/mol. The molecule has 1 aliphatic rings. The lowest BCUT2D eigenvalue weighted by molar-refractivity contribution is -0.134. The van der Waals surface area contributed by atoms with Crippen LogP contribution in [0.25, 0.3) is 0 Å². The number of benzene rings is 1. The molecule has 1 unspecified atom stereocenters. The van der Waals surface area contributed by atoms with E-state index < -0.39 is 29.0 Å². The topological polar surface area (TPSA) is 101 Å². The first kappa shape index (κ1) is 16.0. The van der Waals surface area contributed by atoms with Crippen LogP contribution in [0.5, 0.6) is 0 Å².